The van der Waals surface area contributed by atoms with Gasteiger partial charge in [-0.3, -0.25) is 4.68 Å². The van der Waals surface area contributed by atoms with E-state index in [1.54, 1.807) is 0 Å². The Kier molecular flexibility index (Phi) is 6.19. The third-order valence-electron chi connectivity index (χ3n) is 4.25. The van der Waals surface area contributed by atoms with Crippen molar-refractivity contribution in [2.45, 2.75) is 27.3 Å². The van der Waals surface area contributed by atoms with Crippen LogP contribution in [0.15, 0.2) is 46.9 Å². The number of thiocarbonyl (C=S) groups is 1. The predicted octanol–water partition coefficient (Wildman–Crippen LogP) is 6.08. The van der Waals surface area contributed by atoms with Crippen LogP contribution in [0.25, 0.3) is 0 Å². The average Bonchev–Trinajstić information content (AvgIpc) is 2.87. The van der Waals surface area contributed by atoms with E-state index in [9.17, 15) is 0 Å². The molecule has 0 bridgehead atoms. The fourth-order valence-corrected chi connectivity index (χ4v) is 3.69. The molecule has 0 unspecified atom stereocenters. The molecule has 0 saturated heterocycles. The number of nitrogens with one attached hydrogen (secondary N) is 2. The zero-order chi connectivity index (χ0) is 19.6. The second-order valence-corrected chi connectivity index (χ2v) is 8.12. The molecule has 0 atom stereocenters. The summed E-state index contributed by atoms with van der Waals surface area (Å²) in [6.45, 7) is 6.80. The smallest absolute Gasteiger partial charge is 0.175 e. The number of benzene rings is 2. The number of aryl methyl sites for hydroxylation is 2. The van der Waals surface area contributed by atoms with Crippen molar-refractivity contribution >= 4 is 56.2 Å². The molecule has 0 aliphatic carbocycles. The summed E-state index contributed by atoms with van der Waals surface area (Å²) in [6, 6.07) is 14.1. The largest absolute Gasteiger partial charge is 0.331 e. The normalized spacial score (nSPS) is 10.7. The molecule has 2 aromatic carbocycles. The maximum atomic E-state index is 6.25. The van der Waals surface area contributed by atoms with Crippen LogP contribution in [0.4, 0.5) is 11.4 Å². The Morgan fingerprint density at radius 1 is 1.11 bits per heavy atom. The van der Waals surface area contributed by atoms with Gasteiger partial charge in [0.15, 0.2) is 5.11 Å². The molecule has 27 heavy (non-hydrogen) atoms. The van der Waals surface area contributed by atoms with Crippen LogP contribution < -0.4 is 10.6 Å². The van der Waals surface area contributed by atoms with E-state index >= 15 is 0 Å². The number of halogens is 2. The molecule has 0 saturated carbocycles. The van der Waals surface area contributed by atoms with Gasteiger partial charge < -0.3 is 10.6 Å². The zero-order valence-corrected chi connectivity index (χ0v) is 18.5. The average molecular weight is 464 g/mol. The van der Waals surface area contributed by atoms with Crippen molar-refractivity contribution in [1.82, 2.24) is 9.78 Å². The summed E-state index contributed by atoms with van der Waals surface area (Å²) in [4.78, 5) is 0. The summed E-state index contributed by atoms with van der Waals surface area (Å²) >= 11 is 15.1. The van der Waals surface area contributed by atoms with Gasteiger partial charge in [-0.05, 0) is 56.8 Å². The number of rotatable bonds is 4. The Bertz CT molecular complexity index is 982. The van der Waals surface area contributed by atoms with Gasteiger partial charge in [0.25, 0.3) is 0 Å². The minimum atomic E-state index is 0.473. The van der Waals surface area contributed by atoms with Gasteiger partial charge in [0, 0.05) is 4.47 Å². The molecule has 3 rings (SSSR count). The molecule has 0 fully saturated rings. The van der Waals surface area contributed by atoms with Crippen molar-refractivity contribution < 1.29 is 0 Å². The molecule has 0 spiro atoms. The third-order valence-corrected chi connectivity index (χ3v) is 5.26. The minimum Gasteiger partial charge on any atom is -0.331 e. The van der Waals surface area contributed by atoms with Crippen LogP contribution in [-0.2, 0) is 6.54 Å². The van der Waals surface area contributed by atoms with E-state index in [1.807, 2.05) is 36.7 Å². The highest BCUT2D eigenvalue weighted by Gasteiger charge is 2.13. The maximum Gasteiger partial charge on any atom is 0.175 e. The molecule has 4 nitrogen and oxygen atoms in total. The van der Waals surface area contributed by atoms with Crippen molar-refractivity contribution in [3.63, 3.8) is 0 Å². The summed E-state index contributed by atoms with van der Waals surface area (Å²) < 4.78 is 2.90. The van der Waals surface area contributed by atoms with Crippen molar-refractivity contribution in [3.05, 3.63) is 74.5 Å². The van der Waals surface area contributed by atoms with E-state index in [2.05, 4.69) is 62.9 Å². The second-order valence-electron chi connectivity index (χ2n) is 6.39. The number of aromatic nitrogens is 2. The van der Waals surface area contributed by atoms with Gasteiger partial charge >= 0.3 is 0 Å². The quantitative estimate of drug-likeness (QED) is 0.460. The maximum absolute atomic E-state index is 6.25. The molecule has 7 heteroatoms. The Balaban J connectivity index is 1.74. The first-order valence-corrected chi connectivity index (χ1v) is 10.0. The third kappa shape index (κ3) is 4.89. The van der Waals surface area contributed by atoms with Crippen molar-refractivity contribution in [1.29, 1.82) is 0 Å². The Morgan fingerprint density at radius 2 is 1.81 bits per heavy atom. The van der Waals surface area contributed by atoms with E-state index < -0.39 is 0 Å². The first kappa shape index (κ1) is 19.9. The lowest BCUT2D eigenvalue weighted by Gasteiger charge is -2.12. The summed E-state index contributed by atoms with van der Waals surface area (Å²) in [7, 11) is 0. The Labute approximate surface area is 178 Å². The highest BCUT2D eigenvalue weighted by molar-refractivity contribution is 9.10. The number of nitrogens with zero attached hydrogens (tertiary/aromatic N) is 2. The molecular formula is C20H20BrClN4S. The summed E-state index contributed by atoms with van der Waals surface area (Å²) in [5.74, 6) is 0. The predicted molar refractivity (Wildman–Crippen MR) is 121 cm³/mol. The highest BCUT2D eigenvalue weighted by atomic mass is 79.9. The van der Waals surface area contributed by atoms with Gasteiger partial charge in [0.05, 0.1) is 34.3 Å². The van der Waals surface area contributed by atoms with E-state index in [0.717, 1.165) is 27.2 Å². The molecule has 1 heterocycles. The highest BCUT2D eigenvalue weighted by Crippen LogP contribution is 2.26. The van der Waals surface area contributed by atoms with Crippen LogP contribution in [0, 0.1) is 20.8 Å². The van der Waals surface area contributed by atoms with Gasteiger partial charge in [-0.15, -0.1) is 0 Å². The lowest BCUT2D eigenvalue weighted by molar-refractivity contribution is 0.659. The summed E-state index contributed by atoms with van der Waals surface area (Å²) in [6.07, 6.45) is 0. The molecule has 0 aliphatic rings. The fraction of sp³-hybridized carbons (Fsp3) is 0.200. The van der Waals surface area contributed by atoms with Crippen LogP contribution in [-0.4, -0.2) is 14.9 Å². The number of hydrogen-bond donors (Lipinski definition) is 2. The number of hydrogen-bond acceptors (Lipinski definition) is 2. The first-order valence-electron chi connectivity index (χ1n) is 8.46. The Hall–Kier alpha value is -1.89. The van der Waals surface area contributed by atoms with Crippen molar-refractivity contribution in [2.75, 3.05) is 10.6 Å². The molecule has 3 aromatic rings. The second kappa shape index (κ2) is 8.42. The minimum absolute atomic E-state index is 0.473. The van der Waals surface area contributed by atoms with Gasteiger partial charge in [0.1, 0.15) is 0 Å². The zero-order valence-electron chi connectivity index (χ0n) is 15.3. The van der Waals surface area contributed by atoms with Gasteiger partial charge in [-0.25, -0.2) is 0 Å². The molecule has 0 radical (unpaired) electrons. The lowest BCUT2D eigenvalue weighted by atomic mass is 10.1. The monoisotopic (exact) mass is 462 g/mol. The molecular weight excluding hydrogens is 444 g/mol. The van der Waals surface area contributed by atoms with Crippen molar-refractivity contribution in [3.8, 4) is 0 Å². The lowest BCUT2D eigenvalue weighted by Crippen LogP contribution is -2.20. The molecule has 0 aliphatic heterocycles. The van der Waals surface area contributed by atoms with Crippen LogP contribution >= 0.6 is 39.7 Å². The standard InChI is InChI=1S/C20H20BrClN4S/c1-12-4-6-15(7-5-12)11-26-14(3)19(13(2)25-26)24-20(27)23-18-9-8-16(21)10-17(18)22/h4-10H,11H2,1-3H3,(H2,23,24,27). The molecule has 140 valence electrons. The van der Waals surface area contributed by atoms with Gasteiger partial charge in [0.2, 0.25) is 0 Å². The fourth-order valence-electron chi connectivity index (χ4n) is 2.76. The van der Waals surface area contributed by atoms with Gasteiger partial charge in [-0.1, -0.05) is 57.4 Å². The topological polar surface area (TPSA) is 41.9 Å². The number of anilines is 2. The molecule has 1 aromatic heterocycles. The Morgan fingerprint density at radius 3 is 2.48 bits per heavy atom. The van der Waals surface area contributed by atoms with Gasteiger partial charge in [-0.2, -0.15) is 5.10 Å². The summed E-state index contributed by atoms with van der Waals surface area (Å²) in [5, 5.41) is 12.1. The van der Waals surface area contributed by atoms with E-state index in [0.29, 0.717) is 16.7 Å². The van der Waals surface area contributed by atoms with E-state index in [4.69, 9.17) is 23.8 Å². The SMILES string of the molecule is Cc1ccc(Cn2nc(C)c(NC(=S)Nc3ccc(Br)cc3Cl)c2C)cc1. The molecule has 2 N–H and O–H groups in total. The van der Waals surface area contributed by atoms with Crippen LogP contribution in [0.1, 0.15) is 22.5 Å². The van der Waals surface area contributed by atoms with E-state index in [-0.39, 0.29) is 0 Å². The summed E-state index contributed by atoms with van der Waals surface area (Å²) in [5.41, 5.74) is 6.04. The first-order chi connectivity index (χ1) is 12.8. The van der Waals surface area contributed by atoms with Crippen molar-refractivity contribution in [2.24, 2.45) is 0 Å². The van der Waals surface area contributed by atoms with Crippen LogP contribution in [0.5, 0.6) is 0 Å². The van der Waals surface area contributed by atoms with E-state index in [1.165, 1.54) is 11.1 Å². The van der Waals surface area contributed by atoms with Crippen LogP contribution in [0.2, 0.25) is 5.02 Å². The van der Waals surface area contributed by atoms with Crippen LogP contribution in [0.3, 0.4) is 0 Å². The molecule has 0 amide bonds.